The van der Waals surface area contributed by atoms with Gasteiger partial charge < -0.3 is 9.47 Å². The highest BCUT2D eigenvalue weighted by atomic mass is 16.5. The first-order chi connectivity index (χ1) is 10.4. The molecule has 4 heteroatoms. The third-order valence-electron chi connectivity index (χ3n) is 4.40. The van der Waals surface area contributed by atoms with Gasteiger partial charge in [0.15, 0.2) is 5.41 Å². The number of rotatable bonds is 3. The minimum atomic E-state index is -1.24. The van der Waals surface area contributed by atoms with E-state index in [1.807, 2.05) is 50.3 Å². The Bertz CT molecular complexity index is 583. The summed E-state index contributed by atoms with van der Waals surface area (Å²) < 4.78 is 9.77. The van der Waals surface area contributed by atoms with Gasteiger partial charge in [-0.25, -0.2) is 0 Å². The second-order valence-corrected chi connectivity index (χ2v) is 6.38. The van der Waals surface area contributed by atoms with Crippen molar-refractivity contribution in [2.75, 3.05) is 14.2 Å². The highest BCUT2D eigenvalue weighted by Crippen LogP contribution is 2.54. The lowest BCUT2D eigenvalue weighted by atomic mass is 9.81. The number of ether oxygens (including phenoxy) is 2. The summed E-state index contributed by atoms with van der Waals surface area (Å²) in [5, 5.41) is 0. The first-order valence-electron chi connectivity index (χ1n) is 7.29. The van der Waals surface area contributed by atoms with Crippen LogP contribution in [0.15, 0.2) is 35.9 Å². The molecule has 0 N–H and O–H groups in total. The molecule has 1 aromatic carbocycles. The molecule has 0 bridgehead atoms. The Balaban J connectivity index is 2.45. The standard InChI is InChI=1S/C18H22O4/c1-17(2)12-18(15(19)21-3,16(20)22-4)11-14(17)10-13-8-6-5-7-9-13/h5-10H,11-12H2,1-4H3/b14-10+. The highest BCUT2D eigenvalue weighted by molar-refractivity contribution is 6.01. The summed E-state index contributed by atoms with van der Waals surface area (Å²) in [7, 11) is 2.61. The summed E-state index contributed by atoms with van der Waals surface area (Å²) in [6.07, 6.45) is 2.76. The van der Waals surface area contributed by atoms with Crippen LogP contribution < -0.4 is 0 Å². The number of benzene rings is 1. The third kappa shape index (κ3) is 2.78. The molecule has 0 atom stereocenters. The summed E-state index contributed by atoms with van der Waals surface area (Å²) >= 11 is 0. The van der Waals surface area contributed by atoms with Gasteiger partial charge in [0.1, 0.15) is 0 Å². The van der Waals surface area contributed by atoms with Gasteiger partial charge in [0.05, 0.1) is 14.2 Å². The minimum absolute atomic E-state index is 0.280. The average Bonchev–Trinajstić information content (AvgIpc) is 2.79. The van der Waals surface area contributed by atoms with E-state index < -0.39 is 17.4 Å². The molecule has 0 saturated heterocycles. The van der Waals surface area contributed by atoms with Gasteiger partial charge in [-0.1, -0.05) is 55.8 Å². The summed E-state index contributed by atoms with van der Waals surface area (Å²) in [6.45, 7) is 4.07. The molecule has 22 heavy (non-hydrogen) atoms. The van der Waals surface area contributed by atoms with Gasteiger partial charge in [0.2, 0.25) is 0 Å². The predicted octanol–water partition coefficient (Wildman–Crippen LogP) is 3.22. The molecule has 1 aromatic rings. The van der Waals surface area contributed by atoms with Gasteiger partial charge >= 0.3 is 11.9 Å². The fourth-order valence-corrected chi connectivity index (χ4v) is 3.25. The quantitative estimate of drug-likeness (QED) is 0.635. The van der Waals surface area contributed by atoms with Gasteiger partial charge in [-0.2, -0.15) is 0 Å². The molecule has 4 nitrogen and oxygen atoms in total. The first kappa shape index (κ1) is 16.3. The van der Waals surface area contributed by atoms with Crippen LogP contribution in [0.4, 0.5) is 0 Å². The molecular weight excluding hydrogens is 280 g/mol. The van der Waals surface area contributed by atoms with Gasteiger partial charge in [-0.15, -0.1) is 0 Å². The van der Waals surface area contributed by atoms with Crippen molar-refractivity contribution in [3.8, 4) is 0 Å². The number of carbonyl (C=O) groups is 2. The topological polar surface area (TPSA) is 52.6 Å². The summed E-state index contributed by atoms with van der Waals surface area (Å²) in [6, 6.07) is 9.87. The largest absolute Gasteiger partial charge is 0.468 e. The number of methoxy groups -OCH3 is 2. The molecule has 1 aliphatic carbocycles. The Morgan fingerprint density at radius 2 is 1.59 bits per heavy atom. The first-order valence-corrected chi connectivity index (χ1v) is 7.29. The molecule has 2 rings (SSSR count). The second kappa shape index (κ2) is 5.95. The SMILES string of the molecule is COC(=O)C1(C(=O)OC)C/C(=C\c2ccccc2)C(C)(C)C1. The van der Waals surface area contributed by atoms with Crippen molar-refractivity contribution in [1.29, 1.82) is 0 Å². The van der Waals surface area contributed by atoms with Gasteiger partial charge in [-0.05, 0) is 23.8 Å². The lowest BCUT2D eigenvalue weighted by Crippen LogP contribution is -2.39. The molecular formula is C18H22O4. The zero-order valence-corrected chi connectivity index (χ0v) is 13.5. The van der Waals surface area contributed by atoms with Crippen molar-refractivity contribution in [1.82, 2.24) is 0 Å². The van der Waals surface area contributed by atoms with Crippen LogP contribution in [0.3, 0.4) is 0 Å². The third-order valence-corrected chi connectivity index (χ3v) is 4.40. The number of hydrogen-bond donors (Lipinski definition) is 0. The van der Waals surface area contributed by atoms with Crippen molar-refractivity contribution < 1.29 is 19.1 Å². The van der Waals surface area contributed by atoms with E-state index in [0.29, 0.717) is 12.8 Å². The zero-order chi connectivity index (χ0) is 16.4. The molecule has 1 saturated carbocycles. The number of hydrogen-bond acceptors (Lipinski definition) is 4. The molecule has 0 spiro atoms. The van der Waals surface area contributed by atoms with Gasteiger partial charge in [0.25, 0.3) is 0 Å². The van der Waals surface area contributed by atoms with Crippen molar-refractivity contribution in [3.63, 3.8) is 0 Å². The average molecular weight is 302 g/mol. The summed E-state index contributed by atoms with van der Waals surface area (Å²) in [5.41, 5.74) is 0.580. The number of allylic oxidation sites excluding steroid dienone is 1. The van der Waals surface area contributed by atoms with Crippen LogP contribution in [0.1, 0.15) is 32.3 Å². The monoisotopic (exact) mass is 302 g/mol. The Morgan fingerprint density at radius 3 is 2.09 bits per heavy atom. The Morgan fingerprint density at radius 1 is 1.05 bits per heavy atom. The molecule has 0 aliphatic heterocycles. The zero-order valence-electron chi connectivity index (χ0n) is 13.5. The van der Waals surface area contributed by atoms with E-state index in [1.165, 1.54) is 14.2 Å². The van der Waals surface area contributed by atoms with E-state index in [1.54, 1.807) is 0 Å². The second-order valence-electron chi connectivity index (χ2n) is 6.38. The van der Waals surface area contributed by atoms with Crippen LogP contribution in [-0.2, 0) is 19.1 Å². The van der Waals surface area contributed by atoms with Crippen molar-refractivity contribution in [3.05, 3.63) is 41.5 Å². The van der Waals surface area contributed by atoms with Crippen molar-refractivity contribution in [2.24, 2.45) is 10.8 Å². The molecule has 0 heterocycles. The molecule has 0 unspecified atom stereocenters. The molecule has 0 aromatic heterocycles. The minimum Gasteiger partial charge on any atom is -0.468 e. The number of carbonyl (C=O) groups excluding carboxylic acids is 2. The van der Waals surface area contributed by atoms with Crippen LogP contribution in [0, 0.1) is 10.8 Å². The smallest absolute Gasteiger partial charge is 0.323 e. The molecule has 0 radical (unpaired) electrons. The molecule has 0 amide bonds. The van der Waals surface area contributed by atoms with Crippen LogP contribution in [-0.4, -0.2) is 26.2 Å². The summed E-state index contributed by atoms with van der Waals surface area (Å²) in [4.78, 5) is 24.5. The van der Waals surface area contributed by atoms with Crippen LogP contribution in [0.2, 0.25) is 0 Å². The van der Waals surface area contributed by atoms with Crippen molar-refractivity contribution in [2.45, 2.75) is 26.7 Å². The normalized spacial score (nSPS) is 20.6. The van der Waals surface area contributed by atoms with Gasteiger partial charge in [0, 0.05) is 0 Å². The Kier molecular flexibility index (Phi) is 4.40. The van der Waals surface area contributed by atoms with E-state index >= 15 is 0 Å². The molecule has 1 aliphatic rings. The maximum Gasteiger partial charge on any atom is 0.323 e. The fraction of sp³-hybridized carbons (Fsp3) is 0.444. The predicted molar refractivity (Wildman–Crippen MR) is 83.9 cm³/mol. The maximum atomic E-state index is 12.3. The van der Waals surface area contributed by atoms with E-state index in [2.05, 4.69) is 0 Å². The van der Waals surface area contributed by atoms with E-state index in [0.717, 1.165) is 11.1 Å². The van der Waals surface area contributed by atoms with Gasteiger partial charge in [-0.3, -0.25) is 9.59 Å². The van der Waals surface area contributed by atoms with E-state index in [9.17, 15) is 9.59 Å². The lowest BCUT2D eigenvalue weighted by Gasteiger charge is -2.24. The van der Waals surface area contributed by atoms with Crippen LogP contribution >= 0.6 is 0 Å². The maximum absolute atomic E-state index is 12.3. The van der Waals surface area contributed by atoms with Crippen LogP contribution in [0.5, 0.6) is 0 Å². The number of esters is 2. The fourth-order valence-electron chi connectivity index (χ4n) is 3.25. The van der Waals surface area contributed by atoms with Crippen LogP contribution in [0.25, 0.3) is 6.08 Å². The lowest BCUT2D eigenvalue weighted by molar-refractivity contribution is -0.169. The Hall–Kier alpha value is -2.10. The molecule has 1 fully saturated rings. The molecule has 118 valence electrons. The van der Waals surface area contributed by atoms with E-state index in [4.69, 9.17) is 9.47 Å². The highest BCUT2D eigenvalue weighted by Gasteiger charge is 2.58. The van der Waals surface area contributed by atoms with E-state index in [-0.39, 0.29) is 5.41 Å². The summed E-state index contributed by atoms with van der Waals surface area (Å²) in [5.74, 6) is -1.05. The van der Waals surface area contributed by atoms with Crippen molar-refractivity contribution >= 4 is 18.0 Å². The Labute approximate surface area is 131 Å².